The Balaban J connectivity index is 0.000000372. The second-order valence-electron chi connectivity index (χ2n) is 24.7. The molecule has 0 unspecified atom stereocenters. The van der Waals surface area contributed by atoms with E-state index in [1.807, 2.05) is 33.7 Å². The smallest absolute Gasteiger partial charge is 0.343 e. The third-order valence-electron chi connectivity index (χ3n) is 14.9. The van der Waals surface area contributed by atoms with Crippen molar-refractivity contribution in [1.82, 2.24) is 0 Å². The van der Waals surface area contributed by atoms with Crippen LogP contribution < -0.4 is 35.1 Å². The molecule has 0 atom stereocenters. The molecule has 9 rings (SSSR count). The highest BCUT2D eigenvalue weighted by Crippen LogP contribution is 2.31. The second-order valence-corrected chi connectivity index (χ2v) is 35.5. The molecule has 9 aromatic rings. The first-order chi connectivity index (χ1) is 57.2. The molecule has 28 nitrogen and oxygen atoms in total. The van der Waals surface area contributed by atoms with Gasteiger partial charge in [-0.1, -0.05) is 166 Å². The summed E-state index contributed by atoms with van der Waals surface area (Å²) >= 11 is 22.6. The minimum Gasteiger partial charge on any atom is -0.478 e. The fourth-order valence-electron chi connectivity index (χ4n) is 9.37. The largest absolute Gasteiger partial charge is 0.478 e. The number of methoxy groups -OCH3 is 1. The predicted molar refractivity (Wildman–Crippen MR) is 454 cm³/mol. The second kappa shape index (κ2) is 50.7. The number of nitrogen functional groups attached to an aromatic ring is 2. The van der Waals surface area contributed by atoms with Gasteiger partial charge in [-0.05, 0) is 128 Å². The summed E-state index contributed by atoms with van der Waals surface area (Å²) < 4.78 is 235. The van der Waals surface area contributed by atoms with Gasteiger partial charge in [-0.3, -0.25) is 23.6 Å². The Labute approximate surface area is 720 Å². The summed E-state index contributed by atoms with van der Waals surface area (Å²) in [7, 11) is -17.0. The van der Waals surface area contributed by atoms with Gasteiger partial charge in [0, 0.05) is 10.6 Å². The molecule has 0 aliphatic carbocycles. The third-order valence-corrected chi connectivity index (χ3v) is 23.5. The number of carboxylic acid groups (broad SMARTS) is 2. The van der Waals surface area contributed by atoms with Crippen LogP contribution in [0.4, 0.5) is 70.5 Å². The quantitative estimate of drug-likeness (QED) is 0.00865. The topological polar surface area (TPSA) is 457 Å². The van der Waals surface area contributed by atoms with Gasteiger partial charge in [0.2, 0.25) is 50.1 Å². The van der Waals surface area contributed by atoms with Crippen molar-refractivity contribution in [2.75, 3.05) is 71.0 Å². The van der Waals surface area contributed by atoms with E-state index >= 15 is 0 Å². The number of carbonyl (C=O) groups excluding carboxylic acids is 3. The van der Waals surface area contributed by atoms with Gasteiger partial charge in [0.05, 0.1) is 108 Å². The van der Waals surface area contributed by atoms with E-state index in [2.05, 4.69) is 18.9 Å². The Hall–Kier alpha value is -10.7. The molecule has 0 fully saturated rings. The van der Waals surface area contributed by atoms with Crippen LogP contribution in [0.3, 0.4) is 0 Å². The molecule has 0 bridgehead atoms. The van der Waals surface area contributed by atoms with Gasteiger partial charge < -0.3 is 41.0 Å². The van der Waals surface area contributed by atoms with Crippen molar-refractivity contribution in [3.05, 3.63) is 275 Å². The monoisotopic (exact) mass is 1890 g/mol. The number of aliphatic hydroxyl groups excluding tert-OH is 1. The first-order valence-corrected chi connectivity index (χ1v) is 45.3. The Morgan fingerprint density at radius 3 is 1.05 bits per heavy atom. The highest BCUT2D eigenvalue weighted by molar-refractivity contribution is 7.93. The number of ether oxygens (including phenoxy) is 3. The van der Waals surface area contributed by atoms with Crippen molar-refractivity contribution in [1.29, 1.82) is 0 Å². The molecule has 0 spiro atoms. The number of aromatic carboxylic acids is 2. The fraction of sp³-hybridized carbons (Fsp3) is 0.244. The maximum Gasteiger partial charge on any atom is 0.343 e. The van der Waals surface area contributed by atoms with Gasteiger partial charge in [-0.2, -0.15) is 0 Å². The lowest BCUT2D eigenvalue weighted by atomic mass is 10.2. The number of benzene rings is 9. The van der Waals surface area contributed by atoms with Crippen LogP contribution in [-0.4, -0.2) is 123 Å². The highest BCUT2D eigenvalue weighted by Gasteiger charge is 2.27. The van der Waals surface area contributed by atoms with E-state index in [9.17, 15) is 96.8 Å². The summed E-state index contributed by atoms with van der Waals surface area (Å²) in [6.45, 7) is 7.95. The van der Waals surface area contributed by atoms with E-state index < -0.39 is 150 Å². The summed E-state index contributed by atoms with van der Waals surface area (Å²) in [5.74, 6) is -12.7. The van der Waals surface area contributed by atoms with Gasteiger partial charge in [0.15, 0.2) is 34.9 Å². The zero-order valence-electron chi connectivity index (χ0n) is 65.4. The third kappa shape index (κ3) is 35.4. The molecule has 0 aromatic heterocycles. The van der Waals surface area contributed by atoms with Crippen molar-refractivity contribution >= 4 is 166 Å². The summed E-state index contributed by atoms with van der Waals surface area (Å²) in [6.07, 6.45) is 1.98. The Kier molecular flexibility index (Phi) is 43.8. The van der Waals surface area contributed by atoms with E-state index in [1.165, 1.54) is 84.9 Å². The minimum absolute atomic E-state index is 0.0234. The molecule has 0 aliphatic rings. The zero-order chi connectivity index (χ0) is 92.0. The lowest BCUT2D eigenvalue weighted by molar-refractivity contribution is 0.0458. The number of aliphatic hydroxyl groups is 1. The Morgan fingerprint density at radius 2 is 0.697 bits per heavy atom. The fourth-order valence-corrected chi connectivity index (χ4v) is 15.9. The number of hydrogen-bond acceptors (Lipinski definition) is 21. The molecule has 0 amide bonds. The molecule has 12 N–H and O–H groups in total. The maximum atomic E-state index is 14.6. The van der Waals surface area contributed by atoms with Crippen molar-refractivity contribution < 1.29 is 126 Å². The first kappa shape index (κ1) is 105. The number of nitrogens with one attached hydrogen (secondary N) is 5. The van der Waals surface area contributed by atoms with Gasteiger partial charge in [-0.15, -0.1) is 0 Å². The number of esters is 3. The number of anilines is 7. The van der Waals surface area contributed by atoms with Crippen LogP contribution in [0.15, 0.2) is 170 Å². The molecule has 9 aromatic carbocycles. The summed E-state index contributed by atoms with van der Waals surface area (Å²) in [5, 5.41) is 26.2. The molecule has 0 aliphatic heterocycles. The van der Waals surface area contributed by atoms with Crippen LogP contribution in [-0.2, 0) is 84.1 Å². The van der Waals surface area contributed by atoms with Crippen molar-refractivity contribution in [3.8, 4) is 0 Å². The van der Waals surface area contributed by atoms with Crippen molar-refractivity contribution in [2.24, 2.45) is 0 Å². The molecule has 0 heterocycles. The van der Waals surface area contributed by atoms with E-state index in [0.717, 1.165) is 36.4 Å². The molecule has 664 valence electrons. The number of carbonyl (C=O) groups is 5. The standard InChI is InChI=1S/C17H17ClFNO4S.C14H11ClFNO2.C11H14FNO4S.C10H11ClFNO4S.C10H12FNO4S.C10H14FNO3S.C6H5ClFN/c1-2-10-25(22,23)20-14-9-8-13(18)15(16(14)19)17(21)24-11-12-6-4-3-5-7-12;15-10-6-7-11(17)13(16)12(10)14(18)19-8-9-4-2-1-3-5-9;1-3-7-18(15,16)13-9-6-4-5-8(10(9)12)11(14)17-2;1-2-5-18(16,17)13-7-4-3-6(11)8(9(7)12)10(14)15;1-2-6-17(15,16)12-8-5-3-4-7(9(8)11)10(13)14;1-2-6-16(14,15)12-9-5-3-4-8(7-13)10(9)11;7-4-1-2-6(9)5(8)3-4/h3-9,20H,2,10-11H2,1H3;1-7H,8,17H2;4-6,13H,3,7H2,1-2H3;3-4,13H,2,5H2,1H3,(H,14,15);3-5,12H,2,6H2,1H3,(H,13,14);3-5,12-13H,2,6-7H2,1H3;1-3H,9H2. The number of nitrogens with two attached hydrogens (primary N) is 2. The van der Waals surface area contributed by atoms with E-state index in [0.29, 0.717) is 37.1 Å². The Morgan fingerprint density at radius 1 is 0.369 bits per heavy atom. The molecule has 0 saturated heterocycles. The number of carboxylic acids is 2. The molecular formula is C78H84Cl4F7N7O21S5. The van der Waals surface area contributed by atoms with E-state index in [-0.39, 0.29) is 108 Å². The average molecular weight is 1890 g/mol. The van der Waals surface area contributed by atoms with E-state index in [4.69, 9.17) is 82.7 Å². The molecule has 0 saturated carbocycles. The minimum atomic E-state index is -3.70. The SMILES string of the molecule is CCCS(=O)(=O)Nc1ccc(Cl)c(C(=O)O)c1F.CCCS(=O)(=O)Nc1ccc(Cl)c(C(=O)OCc2ccccc2)c1F.CCCS(=O)(=O)Nc1cccc(C(=O)O)c1F.CCCS(=O)(=O)Nc1cccc(C(=O)OC)c1F.CCCS(=O)(=O)Nc1cccc(CO)c1F.Nc1ccc(Cl)c(C(=O)OCc2ccccc2)c1F.Nc1ccc(Cl)cc1F. The van der Waals surface area contributed by atoms with Crippen LogP contribution in [0.1, 0.15) is 135 Å². The molecular weight excluding hydrogens is 1810 g/mol. The van der Waals surface area contributed by atoms with Gasteiger partial charge >= 0.3 is 29.8 Å². The Bertz CT molecular complexity index is 5700. The number of halogens is 11. The predicted octanol–water partition coefficient (Wildman–Crippen LogP) is 16.7. The molecule has 0 radical (unpaired) electrons. The van der Waals surface area contributed by atoms with Gasteiger partial charge in [-0.25, -0.2) is 96.8 Å². The van der Waals surface area contributed by atoms with Crippen LogP contribution in [0.5, 0.6) is 0 Å². The summed E-state index contributed by atoms with van der Waals surface area (Å²) in [6, 6.07) is 40.9. The van der Waals surface area contributed by atoms with Crippen LogP contribution in [0, 0.1) is 40.7 Å². The highest BCUT2D eigenvalue weighted by atomic mass is 35.5. The molecule has 122 heavy (non-hydrogen) atoms. The summed E-state index contributed by atoms with van der Waals surface area (Å²) in [5.41, 5.74) is 8.15. The van der Waals surface area contributed by atoms with Gasteiger partial charge in [0.25, 0.3) is 0 Å². The number of sulfonamides is 5. The average Bonchev–Trinajstić information content (AvgIpc) is 0.828. The number of rotatable bonds is 30. The van der Waals surface area contributed by atoms with E-state index in [1.54, 1.807) is 77.1 Å². The van der Waals surface area contributed by atoms with Crippen LogP contribution in [0.25, 0.3) is 0 Å². The van der Waals surface area contributed by atoms with Gasteiger partial charge in [0.1, 0.15) is 35.7 Å². The van der Waals surface area contributed by atoms with Crippen molar-refractivity contribution in [3.63, 3.8) is 0 Å². The van der Waals surface area contributed by atoms with Crippen molar-refractivity contribution in [2.45, 2.75) is 86.5 Å². The first-order valence-electron chi connectivity index (χ1n) is 35.5. The lowest BCUT2D eigenvalue weighted by Gasteiger charge is -2.12. The van der Waals surface area contributed by atoms with Crippen LogP contribution in [0.2, 0.25) is 20.1 Å². The summed E-state index contributed by atoms with van der Waals surface area (Å²) in [4.78, 5) is 56.7. The number of hydrogen-bond donors (Lipinski definition) is 10. The molecule has 44 heteroatoms. The lowest BCUT2D eigenvalue weighted by Crippen LogP contribution is -2.18. The normalized spacial score (nSPS) is 10.9. The van der Waals surface area contributed by atoms with Crippen LogP contribution >= 0.6 is 46.4 Å². The zero-order valence-corrected chi connectivity index (χ0v) is 72.5. The maximum absolute atomic E-state index is 14.6.